The predicted molar refractivity (Wildman–Crippen MR) is 72.8 cm³/mol. The Morgan fingerprint density at radius 2 is 1.89 bits per heavy atom. The van der Waals surface area contributed by atoms with Crippen molar-refractivity contribution in [3.63, 3.8) is 0 Å². The normalized spacial score (nSPS) is 11.3. The molecule has 19 heavy (non-hydrogen) atoms. The van der Waals surface area contributed by atoms with Crippen LogP contribution in [-0.2, 0) is 10.0 Å². The van der Waals surface area contributed by atoms with Gasteiger partial charge in [0.15, 0.2) is 0 Å². The number of nitrogens with one attached hydrogen (secondary N) is 1. The third-order valence-electron chi connectivity index (χ3n) is 2.63. The van der Waals surface area contributed by atoms with E-state index in [4.69, 9.17) is 5.73 Å². The smallest absolute Gasteiger partial charge is 0.261 e. The van der Waals surface area contributed by atoms with Crippen molar-refractivity contribution in [2.45, 2.75) is 11.8 Å². The lowest BCUT2D eigenvalue weighted by molar-refractivity contribution is 0.601. The fraction of sp³-hybridized carbons (Fsp3) is 0.0769. The minimum Gasteiger partial charge on any atom is -0.399 e. The van der Waals surface area contributed by atoms with Crippen LogP contribution in [0.5, 0.6) is 0 Å². The van der Waals surface area contributed by atoms with E-state index in [9.17, 15) is 12.8 Å². The van der Waals surface area contributed by atoms with E-state index < -0.39 is 15.8 Å². The van der Waals surface area contributed by atoms with E-state index in [-0.39, 0.29) is 10.6 Å². The van der Waals surface area contributed by atoms with Gasteiger partial charge in [0.05, 0.1) is 10.6 Å². The summed E-state index contributed by atoms with van der Waals surface area (Å²) >= 11 is 0. The summed E-state index contributed by atoms with van der Waals surface area (Å²) in [6.45, 7) is 1.72. The quantitative estimate of drug-likeness (QED) is 0.848. The summed E-state index contributed by atoms with van der Waals surface area (Å²) in [5, 5.41) is 0. The Morgan fingerprint density at radius 1 is 1.16 bits per heavy atom. The third-order valence-corrected chi connectivity index (χ3v) is 4.01. The van der Waals surface area contributed by atoms with E-state index in [0.29, 0.717) is 11.3 Å². The van der Waals surface area contributed by atoms with Crippen LogP contribution in [0.1, 0.15) is 5.56 Å². The number of sulfonamides is 1. The van der Waals surface area contributed by atoms with E-state index >= 15 is 0 Å². The number of halogens is 1. The number of benzene rings is 2. The lowest BCUT2D eigenvalue weighted by Gasteiger charge is -2.09. The zero-order valence-electron chi connectivity index (χ0n) is 10.2. The van der Waals surface area contributed by atoms with Crippen molar-refractivity contribution in [1.29, 1.82) is 0 Å². The molecule has 2 aromatic carbocycles. The standard InChI is InChI=1S/C13H13FN2O2S/c1-9-7-12(5-6-13(9)15)19(17,18)16-11-4-2-3-10(14)8-11/h2-8,16H,15H2,1H3. The van der Waals surface area contributed by atoms with Gasteiger partial charge in [-0.3, -0.25) is 4.72 Å². The first-order chi connectivity index (χ1) is 8.88. The summed E-state index contributed by atoms with van der Waals surface area (Å²) in [5.41, 5.74) is 7.00. The lowest BCUT2D eigenvalue weighted by atomic mass is 10.2. The zero-order valence-corrected chi connectivity index (χ0v) is 11.0. The Morgan fingerprint density at radius 3 is 2.53 bits per heavy atom. The molecular weight excluding hydrogens is 267 g/mol. The maximum absolute atomic E-state index is 13.0. The molecular formula is C13H13FN2O2S. The number of nitrogens with two attached hydrogens (primary N) is 1. The molecule has 0 radical (unpaired) electrons. The Hall–Kier alpha value is -2.08. The molecule has 2 aromatic rings. The summed E-state index contributed by atoms with van der Waals surface area (Å²) in [5.74, 6) is -0.506. The van der Waals surface area contributed by atoms with Crippen molar-refractivity contribution < 1.29 is 12.8 Å². The second kappa shape index (κ2) is 4.89. The molecule has 2 rings (SSSR count). The first kappa shape index (κ1) is 13.4. The van der Waals surface area contributed by atoms with Gasteiger partial charge < -0.3 is 5.73 Å². The summed E-state index contributed by atoms with van der Waals surface area (Å²) in [7, 11) is -3.74. The summed E-state index contributed by atoms with van der Waals surface area (Å²) in [4.78, 5) is 0.0865. The third kappa shape index (κ3) is 3.03. The van der Waals surface area contributed by atoms with E-state index in [1.807, 2.05) is 0 Å². The highest BCUT2D eigenvalue weighted by Gasteiger charge is 2.15. The molecule has 0 saturated carbocycles. The van der Waals surface area contributed by atoms with E-state index in [0.717, 1.165) is 6.07 Å². The monoisotopic (exact) mass is 280 g/mol. The van der Waals surface area contributed by atoms with Crippen LogP contribution in [0.4, 0.5) is 15.8 Å². The van der Waals surface area contributed by atoms with Gasteiger partial charge in [-0.05, 0) is 48.9 Å². The minimum atomic E-state index is -3.74. The van der Waals surface area contributed by atoms with Crippen LogP contribution in [0.15, 0.2) is 47.4 Å². The molecule has 0 fully saturated rings. The van der Waals surface area contributed by atoms with Gasteiger partial charge in [-0.1, -0.05) is 6.07 Å². The molecule has 0 aliphatic heterocycles. The molecule has 0 spiro atoms. The van der Waals surface area contributed by atoms with Gasteiger partial charge in [-0.25, -0.2) is 12.8 Å². The average Bonchev–Trinajstić information content (AvgIpc) is 2.32. The van der Waals surface area contributed by atoms with Crippen LogP contribution < -0.4 is 10.5 Å². The Labute approximate surface area is 111 Å². The molecule has 0 unspecified atom stereocenters. The summed E-state index contributed by atoms with van der Waals surface area (Å²) < 4.78 is 39.5. The van der Waals surface area contributed by atoms with Gasteiger partial charge in [0, 0.05) is 5.69 Å². The highest BCUT2D eigenvalue weighted by molar-refractivity contribution is 7.92. The second-order valence-corrected chi connectivity index (χ2v) is 5.82. The summed E-state index contributed by atoms with van der Waals surface area (Å²) in [6, 6.07) is 9.66. The Kier molecular flexibility index (Phi) is 3.44. The van der Waals surface area contributed by atoms with Gasteiger partial charge in [0.25, 0.3) is 10.0 Å². The molecule has 0 aliphatic carbocycles. The topological polar surface area (TPSA) is 72.2 Å². The van der Waals surface area contributed by atoms with Gasteiger partial charge in [0.2, 0.25) is 0 Å². The van der Waals surface area contributed by atoms with Crippen molar-refractivity contribution >= 4 is 21.4 Å². The molecule has 0 bridgehead atoms. The van der Waals surface area contributed by atoms with Crippen molar-refractivity contribution in [1.82, 2.24) is 0 Å². The van der Waals surface area contributed by atoms with Gasteiger partial charge in [0.1, 0.15) is 5.82 Å². The van der Waals surface area contributed by atoms with Crippen molar-refractivity contribution in [3.05, 3.63) is 53.8 Å². The molecule has 6 heteroatoms. The predicted octanol–water partition coefficient (Wildman–Crippen LogP) is 2.52. The molecule has 3 N–H and O–H groups in total. The molecule has 0 heterocycles. The minimum absolute atomic E-state index is 0.0865. The van der Waals surface area contributed by atoms with Crippen LogP contribution in [0, 0.1) is 12.7 Å². The number of hydrogen-bond acceptors (Lipinski definition) is 3. The molecule has 0 atom stereocenters. The number of nitrogen functional groups attached to an aromatic ring is 1. The zero-order chi connectivity index (χ0) is 14.0. The van der Waals surface area contributed by atoms with Crippen LogP contribution in [0.25, 0.3) is 0 Å². The SMILES string of the molecule is Cc1cc(S(=O)(=O)Nc2cccc(F)c2)ccc1N. The maximum atomic E-state index is 13.0. The number of anilines is 2. The Balaban J connectivity index is 2.35. The van der Waals surface area contributed by atoms with E-state index in [2.05, 4.69) is 4.72 Å². The van der Waals surface area contributed by atoms with Crippen molar-refractivity contribution in [3.8, 4) is 0 Å². The maximum Gasteiger partial charge on any atom is 0.261 e. The van der Waals surface area contributed by atoms with Crippen molar-refractivity contribution in [2.75, 3.05) is 10.5 Å². The molecule has 0 aliphatic rings. The van der Waals surface area contributed by atoms with Gasteiger partial charge in [-0.15, -0.1) is 0 Å². The van der Waals surface area contributed by atoms with E-state index in [1.54, 1.807) is 6.92 Å². The Bertz CT molecular complexity index is 714. The van der Waals surface area contributed by atoms with Crippen LogP contribution in [0.2, 0.25) is 0 Å². The lowest BCUT2D eigenvalue weighted by Crippen LogP contribution is -2.13. The second-order valence-electron chi connectivity index (χ2n) is 4.13. The number of rotatable bonds is 3. The van der Waals surface area contributed by atoms with Crippen molar-refractivity contribution in [2.24, 2.45) is 0 Å². The van der Waals surface area contributed by atoms with Crippen LogP contribution in [-0.4, -0.2) is 8.42 Å². The molecule has 0 aromatic heterocycles. The summed E-state index contributed by atoms with van der Waals surface area (Å²) in [6.07, 6.45) is 0. The molecule has 100 valence electrons. The van der Waals surface area contributed by atoms with Crippen LogP contribution in [0.3, 0.4) is 0 Å². The number of aryl methyl sites for hydroxylation is 1. The largest absolute Gasteiger partial charge is 0.399 e. The number of hydrogen-bond donors (Lipinski definition) is 2. The highest BCUT2D eigenvalue weighted by atomic mass is 32.2. The van der Waals surface area contributed by atoms with Gasteiger partial charge >= 0.3 is 0 Å². The fourth-order valence-electron chi connectivity index (χ4n) is 1.58. The molecule has 4 nitrogen and oxygen atoms in total. The van der Waals surface area contributed by atoms with E-state index in [1.165, 1.54) is 36.4 Å². The highest BCUT2D eigenvalue weighted by Crippen LogP contribution is 2.20. The fourth-order valence-corrected chi connectivity index (χ4v) is 2.72. The van der Waals surface area contributed by atoms with Gasteiger partial charge in [-0.2, -0.15) is 0 Å². The molecule has 0 saturated heterocycles. The van der Waals surface area contributed by atoms with Crippen LogP contribution >= 0.6 is 0 Å². The first-order valence-corrected chi connectivity index (χ1v) is 7.01. The average molecular weight is 280 g/mol. The molecule has 0 amide bonds. The first-order valence-electron chi connectivity index (χ1n) is 5.53.